The van der Waals surface area contributed by atoms with Gasteiger partial charge in [0.15, 0.2) is 0 Å². The Hall–Kier alpha value is -4.36. The summed E-state index contributed by atoms with van der Waals surface area (Å²) in [5, 5.41) is 40.9. The van der Waals surface area contributed by atoms with Gasteiger partial charge in [-0.25, -0.2) is 4.79 Å². The van der Waals surface area contributed by atoms with Crippen molar-refractivity contribution in [1.82, 2.24) is 36.4 Å². The number of aliphatic carboxylic acids is 1. The molecule has 19 heteroatoms. The fourth-order valence-corrected chi connectivity index (χ4v) is 6.15. The molecule has 0 aromatic heterocycles. The first-order chi connectivity index (χ1) is 24.4. The average molecular weight is 741 g/mol. The van der Waals surface area contributed by atoms with Gasteiger partial charge in [0.2, 0.25) is 41.4 Å². The highest BCUT2D eigenvalue weighted by atomic mass is 16.4. The topological polar surface area (TPSA) is 290 Å². The van der Waals surface area contributed by atoms with Crippen LogP contribution in [-0.2, 0) is 38.4 Å². The standard InChI is InChI=1S/C33H56N8O11/c1-17(2)12-21(29(47)39-23(16-43)32(50)41-11-7-9-25(41)33(51)52)37-26(44)14-35-27(45)19(5)36-30(48)24-8-6-10-40(24)31(49)22(13-18(3)4)38-28(46)20(34)15-42/h17-25,42-43H,6-16,34H2,1-5H3,(H,35,45)(H,36,48)(H,37,44)(H,38,46)(H,39,47)(H,51,52)/t19-,20-,21-,22-,23-,24-,25-/m0/s1. The fourth-order valence-electron chi connectivity index (χ4n) is 6.15. The van der Waals surface area contributed by atoms with Crippen molar-refractivity contribution in [3.8, 4) is 0 Å². The van der Waals surface area contributed by atoms with Crippen LogP contribution >= 0.6 is 0 Å². The largest absolute Gasteiger partial charge is 0.480 e. The molecule has 0 aromatic rings. The summed E-state index contributed by atoms with van der Waals surface area (Å²) in [5.74, 6) is -6.11. The van der Waals surface area contributed by atoms with Gasteiger partial charge in [0, 0.05) is 13.1 Å². The molecule has 0 aliphatic carbocycles. The van der Waals surface area contributed by atoms with Crippen LogP contribution in [0.15, 0.2) is 0 Å². The number of aliphatic hydroxyl groups excluding tert-OH is 2. The SMILES string of the molecule is CC(C)C[C@H](NC(=O)CNC(=O)[C@H](C)NC(=O)[C@@H]1CCCN1C(=O)[C@H](CC(C)C)NC(=O)[C@@H](N)CO)C(=O)N[C@@H](CO)C(=O)N1CCC[C@H]1C(=O)O. The molecule has 2 rings (SSSR count). The van der Waals surface area contributed by atoms with Crippen LogP contribution < -0.4 is 32.3 Å². The molecular formula is C33H56N8O11. The Balaban J connectivity index is 1.98. The number of nitrogens with two attached hydrogens (primary N) is 1. The summed E-state index contributed by atoms with van der Waals surface area (Å²) in [4.78, 5) is 105. The van der Waals surface area contributed by atoms with Crippen LogP contribution in [-0.4, -0.2) is 148 Å². The van der Waals surface area contributed by atoms with Crippen molar-refractivity contribution in [3.05, 3.63) is 0 Å². The van der Waals surface area contributed by atoms with Crippen molar-refractivity contribution in [2.45, 2.75) is 115 Å². The van der Waals surface area contributed by atoms with E-state index in [2.05, 4.69) is 26.6 Å². The maximum absolute atomic E-state index is 13.5. The van der Waals surface area contributed by atoms with E-state index in [1.807, 2.05) is 13.8 Å². The molecule has 0 spiro atoms. The van der Waals surface area contributed by atoms with E-state index >= 15 is 0 Å². The first kappa shape index (κ1) is 43.8. The first-order valence-corrected chi connectivity index (χ1v) is 17.7. The number of carboxylic acids is 1. The number of carbonyl (C=O) groups excluding carboxylic acids is 7. The molecular weight excluding hydrogens is 684 g/mol. The highest BCUT2D eigenvalue weighted by Crippen LogP contribution is 2.21. The molecule has 2 aliphatic heterocycles. The van der Waals surface area contributed by atoms with Crippen LogP contribution in [0.5, 0.6) is 0 Å². The minimum Gasteiger partial charge on any atom is -0.480 e. The molecule has 2 heterocycles. The van der Waals surface area contributed by atoms with Crippen LogP contribution in [0.4, 0.5) is 0 Å². The zero-order valence-electron chi connectivity index (χ0n) is 30.6. The monoisotopic (exact) mass is 740 g/mol. The van der Waals surface area contributed by atoms with E-state index < -0.39 is 109 Å². The van der Waals surface area contributed by atoms with Crippen molar-refractivity contribution >= 4 is 47.3 Å². The summed E-state index contributed by atoms with van der Waals surface area (Å²) < 4.78 is 0. The predicted octanol–water partition coefficient (Wildman–Crippen LogP) is -3.47. The zero-order valence-corrected chi connectivity index (χ0v) is 30.6. The van der Waals surface area contributed by atoms with Gasteiger partial charge >= 0.3 is 5.97 Å². The highest BCUT2D eigenvalue weighted by Gasteiger charge is 2.40. The molecule has 294 valence electrons. The molecule has 7 amide bonds. The zero-order chi connectivity index (χ0) is 39.3. The highest BCUT2D eigenvalue weighted by molar-refractivity contribution is 5.97. The summed E-state index contributed by atoms with van der Waals surface area (Å²) in [5.41, 5.74) is 5.60. The number of hydrogen-bond donors (Lipinski definition) is 9. The van der Waals surface area contributed by atoms with E-state index in [1.54, 1.807) is 13.8 Å². The van der Waals surface area contributed by atoms with Crippen LogP contribution in [0, 0.1) is 11.8 Å². The molecule has 0 radical (unpaired) electrons. The van der Waals surface area contributed by atoms with Gasteiger partial charge < -0.3 is 57.4 Å². The van der Waals surface area contributed by atoms with Crippen molar-refractivity contribution in [3.63, 3.8) is 0 Å². The second-order valence-electron chi connectivity index (χ2n) is 14.1. The number of nitrogens with zero attached hydrogens (tertiary/aromatic N) is 2. The van der Waals surface area contributed by atoms with Gasteiger partial charge in [-0.1, -0.05) is 27.7 Å². The van der Waals surface area contributed by atoms with Crippen molar-refractivity contribution in [2.75, 3.05) is 32.8 Å². The second kappa shape index (κ2) is 20.6. The fraction of sp³-hybridized carbons (Fsp3) is 0.758. The van der Waals surface area contributed by atoms with Crippen molar-refractivity contribution in [1.29, 1.82) is 0 Å². The quantitative estimate of drug-likeness (QED) is 0.0625. The third-order valence-corrected chi connectivity index (χ3v) is 8.85. The number of rotatable bonds is 19. The maximum atomic E-state index is 13.5. The minimum absolute atomic E-state index is 0.000409. The number of likely N-dealkylation sites (tertiary alicyclic amines) is 2. The van der Waals surface area contributed by atoms with Crippen LogP contribution in [0.1, 0.15) is 73.1 Å². The lowest BCUT2D eigenvalue weighted by Crippen LogP contribution is -2.58. The van der Waals surface area contributed by atoms with E-state index in [-0.39, 0.29) is 44.2 Å². The molecule has 0 unspecified atom stereocenters. The van der Waals surface area contributed by atoms with E-state index in [9.17, 15) is 53.7 Å². The van der Waals surface area contributed by atoms with Crippen molar-refractivity contribution in [2.24, 2.45) is 17.6 Å². The lowest BCUT2D eigenvalue weighted by molar-refractivity contribution is -0.150. The molecule has 19 nitrogen and oxygen atoms in total. The van der Waals surface area contributed by atoms with E-state index in [1.165, 1.54) is 11.8 Å². The van der Waals surface area contributed by atoms with Gasteiger partial charge in [0.1, 0.15) is 42.3 Å². The Morgan fingerprint density at radius 2 is 1.19 bits per heavy atom. The first-order valence-electron chi connectivity index (χ1n) is 17.7. The Morgan fingerprint density at radius 3 is 1.73 bits per heavy atom. The normalized spacial score (nSPS) is 20.0. The molecule has 52 heavy (non-hydrogen) atoms. The number of amides is 7. The second-order valence-corrected chi connectivity index (χ2v) is 14.1. The van der Waals surface area contributed by atoms with E-state index in [0.29, 0.717) is 19.3 Å². The van der Waals surface area contributed by atoms with Gasteiger partial charge in [-0.05, 0) is 57.3 Å². The van der Waals surface area contributed by atoms with Crippen LogP contribution in [0.3, 0.4) is 0 Å². The molecule has 2 aliphatic rings. The number of hydrogen-bond acceptors (Lipinski definition) is 11. The number of nitrogens with one attached hydrogen (secondary N) is 5. The molecule has 0 aromatic carbocycles. The summed E-state index contributed by atoms with van der Waals surface area (Å²) in [6.45, 7) is 7.12. The molecule has 2 fully saturated rings. The summed E-state index contributed by atoms with van der Waals surface area (Å²) >= 11 is 0. The Kier molecular flexibility index (Phi) is 17.4. The van der Waals surface area contributed by atoms with Gasteiger partial charge in [0.05, 0.1) is 19.8 Å². The maximum Gasteiger partial charge on any atom is 0.326 e. The van der Waals surface area contributed by atoms with Crippen molar-refractivity contribution < 1.29 is 53.7 Å². The molecule has 0 saturated carbocycles. The third kappa shape index (κ3) is 12.7. The molecule has 0 bridgehead atoms. The summed E-state index contributed by atoms with van der Waals surface area (Å²) in [7, 11) is 0. The minimum atomic E-state index is -1.43. The number of aliphatic hydroxyl groups is 2. The van der Waals surface area contributed by atoms with E-state index in [4.69, 9.17) is 5.73 Å². The average Bonchev–Trinajstić information content (AvgIpc) is 3.78. The Labute approximate surface area is 303 Å². The predicted molar refractivity (Wildman–Crippen MR) is 185 cm³/mol. The molecule has 10 N–H and O–H groups in total. The number of carbonyl (C=O) groups is 8. The lowest BCUT2D eigenvalue weighted by atomic mass is 10.0. The molecule has 7 atom stereocenters. The van der Waals surface area contributed by atoms with Gasteiger partial charge in [-0.3, -0.25) is 33.6 Å². The third-order valence-electron chi connectivity index (χ3n) is 8.85. The lowest BCUT2D eigenvalue weighted by Gasteiger charge is -2.30. The van der Waals surface area contributed by atoms with Crippen LogP contribution in [0.2, 0.25) is 0 Å². The smallest absolute Gasteiger partial charge is 0.326 e. The summed E-state index contributed by atoms with van der Waals surface area (Å²) in [6.07, 6.45) is 1.91. The Bertz CT molecular complexity index is 1310. The van der Waals surface area contributed by atoms with Gasteiger partial charge in [-0.15, -0.1) is 0 Å². The van der Waals surface area contributed by atoms with E-state index in [0.717, 1.165) is 4.90 Å². The summed E-state index contributed by atoms with van der Waals surface area (Å²) in [6, 6.07) is -7.91. The Morgan fingerprint density at radius 1 is 0.673 bits per heavy atom. The van der Waals surface area contributed by atoms with Gasteiger partial charge in [0.25, 0.3) is 0 Å². The molecule has 2 saturated heterocycles. The van der Waals surface area contributed by atoms with Crippen LogP contribution in [0.25, 0.3) is 0 Å². The number of carboxylic acid groups (broad SMARTS) is 1. The van der Waals surface area contributed by atoms with Gasteiger partial charge in [-0.2, -0.15) is 0 Å².